The largest absolute Gasteiger partial charge is 0.480 e. The molecule has 2 atom stereocenters. The zero-order valence-corrected chi connectivity index (χ0v) is 8.16. The molecular formula is C9H17NO2. The van der Waals surface area contributed by atoms with E-state index in [9.17, 15) is 4.79 Å². The summed E-state index contributed by atoms with van der Waals surface area (Å²) in [6, 6.07) is 0.145. The van der Waals surface area contributed by atoms with Crippen LogP contribution in [0.15, 0.2) is 0 Å². The van der Waals surface area contributed by atoms with Gasteiger partial charge in [0.25, 0.3) is 0 Å². The van der Waals surface area contributed by atoms with Crippen LogP contribution in [0.25, 0.3) is 0 Å². The molecular weight excluding hydrogens is 154 g/mol. The monoisotopic (exact) mass is 171 g/mol. The quantitative estimate of drug-likeness (QED) is 0.647. The number of rotatable bonds is 1. The van der Waals surface area contributed by atoms with Gasteiger partial charge in [-0.3, -0.25) is 9.69 Å². The first-order chi connectivity index (χ1) is 5.34. The minimum absolute atomic E-state index is 0.0271. The lowest BCUT2D eigenvalue weighted by molar-refractivity contribution is -0.158. The summed E-state index contributed by atoms with van der Waals surface area (Å²) in [4.78, 5) is 12.8. The van der Waals surface area contributed by atoms with Gasteiger partial charge in [0.1, 0.15) is 6.04 Å². The van der Waals surface area contributed by atoms with Gasteiger partial charge >= 0.3 is 5.97 Å². The van der Waals surface area contributed by atoms with E-state index < -0.39 is 5.97 Å². The molecule has 2 unspecified atom stereocenters. The lowest BCUT2D eigenvalue weighted by Crippen LogP contribution is -2.65. The van der Waals surface area contributed by atoms with Gasteiger partial charge in [0.05, 0.1) is 0 Å². The number of hydrogen-bond acceptors (Lipinski definition) is 2. The fourth-order valence-electron chi connectivity index (χ4n) is 2.07. The van der Waals surface area contributed by atoms with Crippen molar-refractivity contribution >= 4 is 5.97 Å². The van der Waals surface area contributed by atoms with E-state index in [2.05, 4.69) is 32.6 Å². The summed E-state index contributed by atoms with van der Waals surface area (Å²) in [6.07, 6.45) is 0.784. The third-order valence-corrected chi connectivity index (χ3v) is 2.43. The Hall–Kier alpha value is -0.570. The Morgan fingerprint density at radius 3 is 2.17 bits per heavy atom. The van der Waals surface area contributed by atoms with Crippen LogP contribution in [0, 0.1) is 0 Å². The first-order valence-electron chi connectivity index (χ1n) is 4.35. The fraction of sp³-hybridized carbons (Fsp3) is 0.889. The van der Waals surface area contributed by atoms with Crippen molar-refractivity contribution in [3.8, 4) is 0 Å². The molecule has 1 heterocycles. The van der Waals surface area contributed by atoms with E-state index in [4.69, 9.17) is 5.11 Å². The molecule has 12 heavy (non-hydrogen) atoms. The molecule has 1 saturated heterocycles. The molecule has 1 aliphatic heterocycles. The van der Waals surface area contributed by atoms with Crippen molar-refractivity contribution in [1.29, 1.82) is 0 Å². The lowest BCUT2D eigenvalue weighted by atomic mass is 9.87. The first kappa shape index (κ1) is 9.52. The molecule has 1 rings (SSSR count). The Morgan fingerprint density at radius 1 is 1.50 bits per heavy atom. The molecule has 1 N–H and O–H groups in total. The molecule has 0 radical (unpaired) electrons. The van der Waals surface area contributed by atoms with E-state index in [0.717, 1.165) is 6.42 Å². The molecule has 0 aromatic heterocycles. The van der Waals surface area contributed by atoms with Crippen LogP contribution in [0.3, 0.4) is 0 Å². The van der Waals surface area contributed by atoms with Crippen LogP contribution in [0.4, 0.5) is 0 Å². The molecule has 70 valence electrons. The van der Waals surface area contributed by atoms with Gasteiger partial charge < -0.3 is 5.11 Å². The van der Waals surface area contributed by atoms with Crippen LogP contribution in [0.2, 0.25) is 0 Å². The predicted molar refractivity (Wildman–Crippen MR) is 47.1 cm³/mol. The maximum Gasteiger partial charge on any atom is 0.321 e. The standard InChI is InChI=1S/C9H17NO2/c1-6-5-7(8(11)12)10(6)9(2,3)4/h6-7H,5H2,1-4H3,(H,11,12). The van der Waals surface area contributed by atoms with Gasteiger partial charge in [-0.1, -0.05) is 0 Å². The van der Waals surface area contributed by atoms with Gasteiger partial charge in [-0.05, 0) is 34.1 Å². The molecule has 0 aromatic rings. The number of carboxylic acid groups (broad SMARTS) is 1. The zero-order valence-electron chi connectivity index (χ0n) is 8.16. The number of carbonyl (C=O) groups is 1. The summed E-state index contributed by atoms with van der Waals surface area (Å²) in [6.45, 7) is 8.24. The second-order valence-electron chi connectivity index (χ2n) is 4.52. The third-order valence-electron chi connectivity index (χ3n) is 2.43. The topological polar surface area (TPSA) is 40.5 Å². The number of carboxylic acids is 1. The molecule has 0 aromatic carbocycles. The maximum absolute atomic E-state index is 10.7. The van der Waals surface area contributed by atoms with Crippen molar-refractivity contribution in [3.05, 3.63) is 0 Å². The molecule has 3 nitrogen and oxygen atoms in total. The summed E-state index contributed by atoms with van der Waals surface area (Å²) >= 11 is 0. The summed E-state index contributed by atoms with van der Waals surface area (Å²) in [7, 11) is 0. The van der Waals surface area contributed by atoms with E-state index in [1.54, 1.807) is 0 Å². The highest BCUT2D eigenvalue weighted by molar-refractivity contribution is 5.75. The molecule has 0 amide bonds. The average Bonchev–Trinajstić information content (AvgIpc) is 1.77. The van der Waals surface area contributed by atoms with Crippen LogP contribution < -0.4 is 0 Å². The van der Waals surface area contributed by atoms with Crippen molar-refractivity contribution in [2.45, 2.75) is 51.7 Å². The normalized spacial score (nSPS) is 31.3. The Bertz CT molecular complexity index is 195. The second-order valence-corrected chi connectivity index (χ2v) is 4.52. The lowest BCUT2D eigenvalue weighted by Gasteiger charge is -2.52. The fourth-order valence-corrected chi connectivity index (χ4v) is 2.07. The average molecular weight is 171 g/mol. The minimum Gasteiger partial charge on any atom is -0.480 e. The summed E-state index contributed by atoms with van der Waals surface area (Å²) in [5, 5.41) is 8.84. The second kappa shape index (κ2) is 2.73. The van der Waals surface area contributed by atoms with E-state index in [1.807, 2.05) is 0 Å². The molecule has 0 aliphatic carbocycles. The van der Waals surface area contributed by atoms with Gasteiger partial charge in [-0.15, -0.1) is 0 Å². The van der Waals surface area contributed by atoms with E-state index in [0.29, 0.717) is 6.04 Å². The van der Waals surface area contributed by atoms with E-state index in [-0.39, 0.29) is 11.6 Å². The molecule has 0 spiro atoms. The number of likely N-dealkylation sites (tertiary alicyclic amines) is 1. The van der Waals surface area contributed by atoms with Gasteiger partial charge in [0.15, 0.2) is 0 Å². The third kappa shape index (κ3) is 1.46. The minimum atomic E-state index is -0.692. The SMILES string of the molecule is CC1CC(C(=O)O)N1C(C)(C)C. The van der Waals surface area contributed by atoms with Crippen LogP contribution in [0.5, 0.6) is 0 Å². The molecule has 3 heteroatoms. The maximum atomic E-state index is 10.7. The summed E-state index contributed by atoms with van der Waals surface area (Å²) < 4.78 is 0. The highest BCUT2D eigenvalue weighted by Crippen LogP contribution is 2.33. The number of aliphatic carboxylic acids is 1. The predicted octanol–water partition coefficient (Wildman–Crippen LogP) is 1.33. The summed E-state index contributed by atoms with van der Waals surface area (Å²) in [5.74, 6) is -0.692. The molecule has 0 saturated carbocycles. The highest BCUT2D eigenvalue weighted by atomic mass is 16.4. The van der Waals surface area contributed by atoms with Crippen molar-refractivity contribution in [2.24, 2.45) is 0 Å². The Labute approximate surface area is 73.4 Å². The first-order valence-corrected chi connectivity index (χ1v) is 4.35. The van der Waals surface area contributed by atoms with Gasteiger partial charge in [-0.2, -0.15) is 0 Å². The van der Waals surface area contributed by atoms with Crippen LogP contribution >= 0.6 is 0 Å². The Morgan fingerprint density at radius 2 is 2.00 bits per heavy atom. The molecule has 1 aliphatic rings. The van der Waals surface area contributed by atoms with Crippen LogP contribution in [-0.4, -0.2) is 33.6 Å². The smallest absolute Gasteiger partial charge is 0.321 e. The van der Waals surface area contributed by atoms with Crippen molar-refractivity contribution in [1.82, 2.24) is 4.90 Å². The number of hydrogen-bond donors (Lipinski definition) is 1. The van der Waals surface area contributed by atoms with Crippen molar-refractivity contribution < 1.29 is 9.90 Å². The Balaban J connectivity index is 2.68. The Kier molecular flexibility index (Phi) is 2.17. The van der Waals surface area contributed by atoms with Crippen molar-refractivity contribution in [2.75, 3.05) is 0 Å². The number of nitrogens with zero attached hydrogens (tertiary/aromatic N) is 1. The van der Waals surface area contributed by atoms with Gasteiger partial charge in [-0.25, -0.2) is 0 Å². The van der Waals surface area contributed by atoms with Gasteiger partial charge in [0, 0.05) is 11.6 Å². The van der Waals surface area contributed by atoms with Crippen LogP contribution in [-0.2, 0) is 4.79 Å². The van der Waals surface area contributed by atoms with Crippen molar-refractivity contribution in [3.63, 3.8) is 0 Å². The van der Waals surface area contributed by atoms with E-state index in [1.165, 1.54) is 0 Å². The summed E-state index contributed by atoms with van der Waals surface area (Å²) in [5.41, 5.74) is -0.0271. The molecule has 1 fully saturated rings. The van der Waals surface area contributed by atoms with Gasteiger partial charge in [0.2, 0.25) is 0 Å². The molecule has 0 bridgehead atoms. The van der Waals surface area contributed by atoms with E-state index >= 15 is 0 Å². The zero-order chi connectivity index (χ0) is 9.52. The van der Waals surface area contributed by atoms with Crippen LogP contribution in [0.1, 0.15) is 34.1 Å². The highest BCUT2D eigenvalue weighted by Gasteiger charge is 2.45.